The molecule has 100 valence electrons. The lowest BCUT2D eigenvalue weighted by Gasteiger charge is -2.26. The third-order valence-electron chi connectivity index (χ3n) is 2.31. The molecule has 0 atom stereocenters. The number of carbonyl (C=O) groups is 1. The fourth-order valence-corrected chi connectivity index (χ4v) is 1.28. The van der Waals surface area contributed by atoms with Crippen LogP contribution >= 0.6 is 0 Å². The molecule has 0 spiro atoms. The number of esters is 1. The van der Waals surface area contributed by atoms with Crippen LogP contribution in [0.2, 0.25) is 0 Å². The molecule has 0 saturated heterocycles. The van der Waals surface area contributed by atoms with E-state index in [2.05, 4.69) is 19.2 Å². The Bertz CT molecular complexity index is 263. The summed E-state index contributed by atoms with van der Waals surface area (Å²) in [5.74, 6) is 0.426. The minimum absolute atomic E-state index is 0.167. The van der Waals surface area contributed by atoms with Gasteiger partial charge in [-0.05, 0) is 46.6 Å². The largest absolute Gasteiger partial charge is 0.461 e. The summed E-state index contributed by atoms with van der Waals surface area (Å²) in [5, 5.41) is 3.40. The molecule has 0 aliphatic carbocycles. The van der Waals surface area contributed by atoms with Crippen molar-refractivity contribution < 1.29 is 9.53 Å². The molecule has 0 unspecified atom stereocenters. The second-order valence-electron chi connectivity index (χ2n) is 5.82. The first-order chi connectivity index (χ1) is 7.73. The van der Waals surface area contributed by atoms with Gasteiger partial charge >= 0.3 is 5.97 Å². The van der Waals surface area contributed by atoms with Crippen molar-refractivity contribution >= 4 is 5.97 Å². The standard InChI is InChI=1S/C14H27NO2/c1-11(2)7-8-15-14(5,6)10-17-13(16)9-12(3)4/h9,11,15H,7-8,10H2,1-6H3. The van der Waals surface area contributed by atoms with Gasteiger partial charge in [0.1, 0.15) is 6.61 Å². The van der Waals surface area contributed by atoms with Crippen molar-refractivity contribution in [1.29, 1.82) is 0 Å². The SMILES string of the molecule is CC(C)=CC(=O)OCC(C)(C)NCCC(C)C. The highest BCUT2D eigenvalue weighted by molar-refractivity contribution is 5.82. The fourth-order valence-electron chi connectivity index (χ4n) is 1.28. The zero-order valence-electron chi connectivity index (χ0n) is 12.1. The molecular weight excluding hydrogens is 214 g/mol. The summed E-state index contributed by atoms with van der Waals surface area (Å²) in [4.78, 5) is 11.4. The predicted octanol–water partition coefficient (Wildman–Crippen LogP) is 2.91. The molecule has 0 aliphatic heterocycles. The van der Waals surface area contributed by atoms with E-state index >= 15 is 0 Å². The van der Waals surface area contributed by atoms with E-state index in [1.54, 1.807) is 0 Å². The lowest BCUT2D eigenvalue weighted by atomic mass is 10.1. The maximum absolute atomic E-state index is 11.4. The average Bonchev–Trinajstić information content (AvgIpc) is 2.13. The summed E-state index contributed by atoms with van der Waals surface area (Å²) in [7, 11) is 0. The van der Waals surface area contributed by atoms with E-state index in [4.69, 9.17) is 4.74 Å². The molecule has 3 nitrogen and oxygen atoms in total. The number of ether oxygens (including phenoxy) is 1. The normalized spacial score (nSPS) is 11.5. The number of allylic oxidation sites excluding steroid dienone is 1. The molecule has 0 aromatic heterocycles. The topological polar surface area (TPSA) is 38.3 Å². The van der Waals surface area contributed by atoms with E-state index < -0.39 is 0 Å². The van der Waals surface area contributed by atoms with Crippen LogP contribution in [0.1, 0.15) is 48.0 Å². The Morgan fingerprint density at radius 3 is 2.41 bits per heavy atom. The molecule has 0 radical (unpaired) electrons. The van der Waals surface area contributed by atoms with Gasteiger partial charge in [-0.2, -0.15) is 0 Å². The summed E-state index contributed by atoms with van der Waals surface area (Å²) in [6.45, 7) is 13.6. The highest BCUT2D eigenvalue weighted by Crippen LogP contribution is 2.05. The molecule has 0 amide bonds. The average molecular weight is 241 g/mol. The van der Waals surface area contributed by atoms with Gasteiger partial charge in [0.2, 0.25) is 0 Å². The van der Waals surface area contributed by atoms with E-state index in [-0.39, 0.29) is 11.5 Å². The predicted molar refractivity (Wildman–Crippen MR) is 71.9 cm³/mol. The maximum Gasteiger partial charge on any atom is 0.330 e. The van der Waals surface area contributed by atoms with Crippen LogP contribution in [-0.2, 0) is 9.53 Å². The number of hydrogen-bond donors (Lipinski definition) is 1. The van der Waals surface area contributed by atoms with Crippen LogP contribution in [0.3, 0.4) is 0 Å². The van der Waals surface area contributed by atoms with Gasteiger partial charge in [0.25, 0.3) is 0 Å². The molecule has 0 aliphatic rings. The van der Waals surface area contributed by atoms with Crippen LogP contribution in [0.25, 0.3) is 0 Å². The van der Waals surface area contributed by atoms with Gasteiger partial charge in [-0.25, -0.2) is 4.79 Å². The molecule has 0 heterocycles. The van der Waals surface area contributed by atoms with Crippen LogP contribution in [0.15, 0.2) is 11.6 Å². The zero-order valence-corrected chi connectivity index (χ0v) is 12.1. The molecule has 0 saturated carbocycles. The number of nitrogens with one attached hydrogen (secondary N) is 1. The van der Waals surface area contributed by atoms with E-state index in [1.165, 1.54) is 6.08 Å². The van der Waals surface area contributed by atoms with Crippen molar-refractivity contribution in [2.45, 2.75) is 53.5 Å². The smallest absolute Gasteiger partial charge is 0.330 e. The lowest BCUT2D eigenvalue weighted by molar-refractivity contribution is -0.139. The zero-order chi connectivity index (χ0) is 13.5. The van der Waals surface area contributed by atoms with E-state index in [0.29, 0.717) is 12.5 Å². The van der Waals surface area contributed by atoms with Crippen LogP contribution in [0, 0.1) is 5.92 Å². The minimum Gasteiger partial charge on any atom is -0.461 e. The first-order valence-corrected chi connectivity index (χ1v) is 6.29. The highest BCUT2D eigenvalue weighted by atomic mass is 16.5. The van der Waals surface area contributed by atoms with Gasteiger partial charge in [-0.1, -0.05) is 19.4 Å². The Labute approximate surface area is 106 Å². The number of rotatable bonds is 7. The third-order valence-corrected chi connectivity index (χ3v) is 2.31. The minimum atomic E-state index is -0.260. The van der Waals surface area contributed by atoms with E-state index in [1.807, 2.05) is 27.7 Å². The lowest BCUT2D eigenvalue weighted by Crippen LogP contribution is -2.44. The molecule has 0 fully saturated rings. The molecular formula is C14H27NO2. The molecule has 17 heavy (non-hydrogen) atoms. The van der Waals surface area contributed by atoms with Crippen LogP contribution in [-0.4, -0.2) is 24.7 Å². The summed E-state index contributed by atoms with van der Waals surface area (Å²) >= 11 is 0. The quantitative estimate of drug-likeness (QED) is 0.550. The Balaban J connectivity index is 3.92. The van der Waals surface area contributed by atoms with Gasteiger partial charge in [0, 0.05) is 11.6 Å². The maximum atomic E-state index is 11.4. The fraction of sp³-hybridized carbons (Fsp3) is 0.786. The summed E-state index contributed by atoms with van der Waals surface area (Å²) in [6, 6.07) is 0. The van der Waals surface area contributed by atoms with Gasteiger partial charge in [0.15, 0.2) is 0 Å². The Morgan fingerprint density at radius 2 is 1.94 bits per heavy atom. The van der Waals surface area contributed by atoms with Crippen LogP contribution in [0.4, 0.5) is 0 Å². The third kappa shape index (κ3) is 10.1. The second kappa shape index (κ2) is 7.49. The van der Waals surface area contributed by atoms with Crippen LogP contribution < -0.4 is 5.32 Å². The van der Waals surface area contributed by atoms with Gasteiger partial charge in [0.05, 0.1) is 0 Å². The van der Waals surface area contributed by atoms with E-state index in [0.717, 1.165) is 18.5 Å². The van der Waals surface area contributed by atoms with Crippen molar-refractivity contribution in [1.82, 2.24) is 5.32 Å². The molecule has 1 N–H and O–H groups in total. The molecule has 0 aromatic carbocycles. The summed E-state index contributed by atoms with van der Waals surface area (Å²) < 4.78 is 5.20. The monoisotopic (exact) mass is 241 g/mol. The molecule has 0 bridgehead atoms. The van der Waals surface area contributed by atoms with Crippen molar-refractivity contribution in [3.05, 3.63) is 11.6 Å². The highest BCUT2D eigenvalue weighted by Gasteiger charge is 2.18. The van der Waals surface area contributed by atoms with E-state index in [9.17, 15) is 4.79 Å². The Hall–Kier alpha value is -0.830. The first-order valence-electron chi connectivity index (χ1n) is 6.29. The van der Waals surface area contributed by atoms with Crippen molar-refractivity contribution in [2.24, 2.45) is 5.92 Å². The number of hydrogen-bond acceptors (Lipinski definition) is 3. The van der Waals surface area contributed by atoms with Crippen molar-refractivity contribution in [3.8, 4) is 0 Å². The number of carbonyl (C=O) groups excluding carboxylic acids is 1. The first kappa shape index (κ1) is 16.2. The molecule has 3 heteroatoms. The summed E-state index contributed by atoms with van der Waals surface area (Å²) in [5.41, 5.74) is 0.792. The van der Waals surface area contributed by atoms with Gasteiger partial charge in [-0.3, -0.25) is 0 Å². The Kier molecular flexibility index (Phi) is 7.12. The molecule has 0 aromatic rings. The van der Waals surface area contributed by atoms with Gasteiger partial charge in [-0.15, -0.1) is 0 Å². The van der Waals surface area contributed by atoms with Crippen molar-refractivity contribution in [2.75, 3.05) is 13.2 Å². The van der Waals surface area contributed by atoms with Gasteiger partial charge < -0.3 is 10.1 Å². The molecule has 0 rings (SSSR count). The van der Waals surface area contributed by atoms with Crippen LogP contribution in [0.5, 0.6) is 0 Å². The second-order valence-corrected chi connectivity index (χ2v) is 5.82. The van der Waals surface area contributed by atoms with Crippen molar-refractivity contribution in [3.63, 3.8) is 0 Å². The summed E-state index contributed by atoms with van der Waals surface area (Å²) in [6.07, 6.45) is 2.65. The Morgan fingerprint density at radius 1 is 1.35 bits per heavy atom.